The van der Waals surface area contributed by atoms with Crippen LogP contribution in [0.4, 0.5) is 0 Å². The molecule has 0 aromatic heterocycles. The Morgan fingerprint density at radius 1 is 1.37 bits per heavy atom. The zero-order chi connectivity index (χ0) is 20.2. The van der Waals surface area contributed by atoms with Crippen molar-refractivity contribution in [3.63, 3.8) is 0 Å². The van der Waals surface area contributed by atoms with Crippen molar-refractivity contribution in [1.82, 2.24) is 4.90 Å². The molecule has 0 aliphatic carbocycles. The zero-order valence-electron chi connectivity index (χ0n) is 15.7. The Hall–Kier alpha value is -2.29. The largest absolute Gasteiger partial charge is 0.507 e. The molecule has 1 saturated heterocycles. The van der Waals surface area contributed by atoms with E-state index < -0.39 is 34.4 Å². The molecule has 2 atom stereocenters. The molecule has 1 aliphatic rings. The molecule has 27 heavy (non-hydrogen) atoms. The van der Waals surface area contributed by atoms with Gasteiger partial charge >= 0.3 is 5.97 Å². The lowest BCUT2D eigenvalue weighted by molar-refractivity contribution is -0.138. The summed E-state index contributed by atoms with van der Waals surface area (Å²) < 4.78 is 33.5. The van der Waals surface area contributed by atoms with Gasteiger partial charge in [-0.05, 0) is 31.9 Å². The smallest absolute Gasteiger partial charge is 0.342 e. The first-order valence-electron chi connectivity index (χ1n) is 8.74. The molecule has 1 aromatic carbocycles. The Morgan fingerprint density at radius 3 is 2.59 bits per heavy atom. The number of methoxy groups -OCH3 is 1. The summed E-state index contributed by atoms with van der Waals surface area (Å²) in [6.45, 7) is 3.21. The van der Waals surface area contributed by atoms with Crippen molar-refractivity contribution in [2.45, 2.75) is 38.8 Å². The highest BCUT2D eigenvalue weighted by Crippen LogP contribution is 2.25. The molecule has 1 aromatic rings. The van der Waals surface area contributed by atoms with E-state index in [2.05, 4.69) is 0 Å². The molecular weight excluding hydrogens is 374 g/mol. The number of nitrogens with zero attached hydrogens (tertiary/aromatic N) is 1. The summed E-state index contributed by atoms with van der Waals surface area (Å²) >= 11 is 0. The van der Waals surface area contributed by atoms with Gasteiger partial charge in [0.15, 0.2) is 16.4 Å². The topological polar surface area (TPSA) is 110 Å². The fraction of sp³-hybridized carbons (Fsp3) is 0.556. The summed E-state index contributed by atoms with van der Waals surface area (Å²) in [5, 5.41) is 9.88. The Balaban J connectivity index is 2.06. The van der Waals surface area contributed by atoms with E-state index in [9.17, 15) is 23.1 Å². The van der Waals surface area contributed by atoms with E-state index >= 15 is 0 Å². The molecule has 1 heterocycles. The van der Waals surface area contributed by atoms with Gasteiger partial charge in [0, 0.05) is 18.2 Å². The molecule has 1 amide bonds. The fourth-order valence-electron chi connectivity index (χ4n) is 3.09. The van der Waals surface area contributed by atoms with E-state index in [0.717, 1.165) is 0 Å². The number of aromatic hydroxyl groups is 1. The second-order valence-corrected chi connectivity index (χ2v) is 8.80. The van der Waals surface area contributed by atoms with Crippen LogP contribution in [0.2, 0.25) is 0 Å². The first-order valence-corrected chi connectivity index (χ1v) is 10.6. The standard InChI is InChI=1S/C18H25NO7S/c1-4-12(2)19(13-7-8-27(23,24)11-13)17(21)10-26-18(22)15-6-5-14(25-3)9-16(15)20/h5-6,9,12-13,20H,4,7-8,10-11H2,1-3H3/t12-,13-/m0/s1. The van der Waals surface area contributed by atoms with Gasteiger partial charge in [-0.3, -0.25) is 4.79 Å². The third-order valence-electron chi connectivity index (χ3n) is 4.71. The number of hydrogen-bond donors (Lipinski definition) is 1. The fourth-order valence-corrected chi connectivity index (χ4v) is 4.80. The summed E-state index contributed by atoms with van der Waals surface area (Å²) in [6, 6.07) is 3.52. The van der Waals surface area contributed by atoms with Crippen LogP contribution in [0.1, 0.15) is 37.0 Å². The minimum absolute atomic E-state index is 0.0530. The highest BCUT2D eigenvalue weighted by Gasteiger charge is 2.36. The lowest BCUT2D eigenvalue weighted by Gasteiger charge is -2.33. The van der Waals surface area contributed by atoms with Crippen LogP contribution >= 0.6 is 0 Å². The molecule has 0 spiro atoms. The van der Waals surface area contributed by atoms with Gasteiger partial charge in [-0.2, -0.15) is 0 Å². The van der Waals surface area contributed by atoms with Gasteiger partial charge in [0.05, 0.1) is 18.6 Å². The van der Waals surface area contributed by atoms with Gasteiger partial charge in [0.25, 0.3) is 5.91 Å². The monoisotopic (exact) mass is 399 g/mol. The Labute approximate surface area is 159 Å². The average Bonchev–Trinajstić information content (AvgIpc) is 2.98. The number of rotatable bonds is 7. The maximum atomic E-state index is 12.6. The van der Waals surface area contributed by atoms with Crippen molar-refractivity contribution in [1.29, 1.82) is 0 Å². The van der Waals surface area contributed by atoms with Crippen molar-refractivity contribution < 1.29 is 32.6 Å². The Bertz CT molecular complexity index is 806. The number of ether oxygens (including phenoxy) is 2. The Kier molecular flexibility index (Phi) is 6.69. The molecular formula is C18H25NO7S. The van der Waals surface area contributed by atoms with Gasteiger partial charge in [0.2, 0.25) is 0 Å². The van der Waals surface area contributed by atoms with E-state index in [4.69, 9.17) is 9.47 Å². The second-order valence-electron chi connectivity index (χ2n) is 6.57. The number of amides is 1. The first kappa shape index (κ1) is 21.0. The lowest BCUT2D eigenvalue weighted by atomic mass is 10.1. The minimum Gasteiger partial charge on any atom is -0.507 e. The maximum absolute atomic E-state index is 12.6. The van der Waals surface area contributed by atoms with Crippen LogP contribution in [0.15, 0.2) is 18.2 Å². The number of phenolic OH excluding ortho intramolecular Hbond substituents is 1. The van der Waals surface area contributed by atoms with E-state index in [1.54, 1.807) is 0 Å². The van der Waals surface area contributed by atoms with Crippen LogP contribution in [0.5, 0.6) is 11.5 Å². The van der Waals surface area contributed by atoms with Crippen molar-refractivity contribution >= 4 is 21.7 Å². The molecule has 2 rings (SSSR count). The lowest BCUT2D eigenvalue weighted by Crippen LogP contribution is -2.48. The third kappa shape index (κ3) is 5.12. The average molecular weight is 399 g/mol. The summed E-state index contributed by atoms with van der Waals surface area (Å²) in [5.74, 6) is -1.24. The van der Waals surface area contributed by atoms with E-state index in [-0.39, 0.29) is 28.9 Å². The highest BCUT2D eigenvalue weighted by atomic mass is 32.2. The van der Waals surface area contributed by atoms with Gasteiger partial charge in [0.1, 0.15) is 17.1 Å². The van der Waals surface area contributed by atoms with E-state index in [1.807, 2.05) is 13.8 Å². The first-order chi connectivity index (χ1) is 12.7. The molecule has 8 nitrogen and oxygen atoms in total. The van der Waals surface area contributed by atoms with E-state index in [0.29, 0.717) is 18.6 Å². The number of benzene rings is 1. The molecule has 1 aliphatic heterocycles. The second kappa shape index (κ2) is 8.60. The van der Waals surface area contributed by atoms with Crippen LogP contribution in [0.25, 0.3) is 0 Å². The van der Waals surface area contributed by atoms with Crippen LogP contribution < -0.4 is 4.74 Å². The van der Waals surface area contributed by atoms with Gasteiger partial charge < -0.3 is 19.5 Å². The van der Waals surface area contributed by atoms with Crippen LogP contribution in [0.3, 0.4) is 0 Å². The number of sulfone groups is 1. The predicted molar refractivity (Wildman–Crippen MR) is 98.6 cm³/mol. The molecule has 150 valence electrons. The highest BCUT2D eigenvalue weighted by molar-refractivity contribution is 7.91. The molecule has 0 bridgehead atoms. The number of hydrogen-bond acceptors (Lipinski definition) is 7. The third-order valence-corrected chi connectivity index (χ3v) is 6.46. The van der Waals surface area contributed by atoms with E-state index in [1.165, 1.54) is 30.2 Å². The van der Waals surface area contributed by atoms with Crippen molar-refractivity contribution in [3.05, 3.63) is 23.8 Å². The molecule has 9 heteroatoms. The number of carbonyl (C=O) groups is 2. The number of phenols is 1. The van der Waals surface area contributed by atoms with Crippen LogP contribution in [-0.4, -0.2) is 67.6 Å². The molecule has 1 N–H and O–H groups in total. The molecule has 1 fully saturated rings. The minimum atomic E-state index is -3.15. The summed E-state index contributed by atoms with van der Waals surface area (Å²) in [7, 11) is -1.72. The van der Waals surface area contributed by atoms with Crippen molar-refractivity contribution in [2.24, 2.45) is 0 Å². The maximum Gasteiger partial charge on any atom is 0.342 e. The zero-order valence-corrected chi connectivity index (χ0v) is 16.5. The molecule has 0 radical (unpaired) electrons. The van der Waals surface area contributed by atoms with Gasteiger partial charge in [-0.1, -0.05) is 6.92 Å². The summed E-state index contributed by atoms with van der Waals surface area (Å²) in [4.78, 5) is 26.3. The van der Waals surface area contributed by atoms with Gasteiger partial charge in [-0.25, -0.2) is 13.2 Å². The molecule has 0 saturated carbocycles. The van der Waals surface area contributed by atoms with Crippen LogP contribution in [-0.2, 0) is 19.4 Å². The van der Waals surface area contributed by atoms with Gasteiger partial charge in [-0.15, -0.1) is 0 Å². The quantitative estimate of drug-likeness (QED) is 0.690. The van der Waals surface area contributed by atoms with Crippen LogP contribution in [0, 0.1) is 0 Å². The van der Waals surface area contributed by atoms with Crippen molar-refractivity contribution in [2.75, 3.05) is 25.2 Å². The number of esters is 1. The Morgan fingerprint density at radius 2 is 2.07 bits per heavy atom. The number of carbonyl (C=O) groups excluding carboxylic acids is 2. The molecule has 0 unspecified atom stereocenters. The summed E-state index contributed by atoms with van der Waals surface area (Å²) in [5.41, 5.74) is -0.0814. The van der Waals surface area contributed by atoms with Crippen molar-refractivity contribution in [3.8, 4) is 11.5 Å². The summed E-state index contributed by atoms with van der Waals surface area (Å²) in [6.07, 6.45) is 1.03. The normalized spacial score (nSPS) is 19.3. The predicted octanol–water partition coefficient (Wildman–Crippen LogP) is 1.37. The SMILES string of the molecule is CC[C@H](C)N(C(=O)COC(=O)c1ccc(OC)cc1O)[C@H]1CCS(=O)(=O)C1.